The average Bonchev–Trinajstić information content (AvgIpc) is 2.48. The van der Waals surface area contributed by atoms with Crippen molar-refractivity contribution in [1.29, 1.82) is 0 Å². The third kappa shape index (κ3) is 3.67. The Labute approximate surface area is 114 Å². The molecule has 0 spiro atoms. The Morgan fingerprint density at radius 2 is 1.84 bits per heavy atom. The van der Waals surface area contributed by atoms with Gasteiger partial charge in [0.25, 0.3) is 0 Å². The smallest absolute Gasteiger partial charge is 0.314 e. The van der Waals surface area contributed by atoms with Gasteiger partial charge in [-0.25, -0.2) is 0 Å². The fourth-order valence-corrected chi connectivity index (χ4v) is 2.41. The third-order valence-corrected chi connectivity index (χ3v) is 3.68. The number of ether oxygens (including phenoxy) is 2. The highest BCUT2D eigenvalue weighted by atomic mass is 16.5. The molecule has 19 heavy (non-hydrogen) atoms. The Kier molecular flexibility index (Phi) is 4.74. The minimum Gasteiger partial charge on any atom is -0.426 e. The van der Waals surface area contributed by atoms with Crippen LogP contribution in [0.4, 0.5) is 0 Å². The molecule has 0 amide bonds. The van der Waals surface area contributed by atoms with Crippen LogP contribution in [0, 0.1) is 5.92 Å². The predicted molar refractivity (Wildman–Crippen MR) is 74.9 cm³/mol. The molecule has 0 saturated heterocycles. The Morgan fingerprint density at radius 1 is 1.21 bits per heavy atom. The molecule has 0 heterocycles. The molecule has 0 unspecified atom stereocenters. The van der Waals surface area contributed by atoms with Gasteiger partial charge in [0.15, 0.2) is 0 Å². The molecule has 0 radical (unpaired) electrons. The number of hydrogen-bond acceptors (Lipinski definition) is 3. The molecular weight excluding hydrogens is 240 g/mol. The van der Waals surface area contributed by atoms with Crippen LogP contribution < -0.4 is 4.74 Å². The average molecular weight is 260 g/mol. The first-order valence-corrected chi connectivity index (χ1v) is 6.70. The topological polar surface area (TPSA) is 35.5 Å². The molecule has 1 aromatic carbocycles. The molecule has 0 bridgehead atoms. The Hall–Kier alpha value is -1.61. The standard InChI is InChI=1S/C16H20O3/c1-3-12-4-8-15(9-5-12)19-16(17)13-6-10-14(18-2)11-7-13/h3-5,8-9,13-14H,1,6-7,10-11H2,2H3. The van der Waals surface area contributed by atoms with E-state index in [-0.39, 0.29) is 11.9 Å². The summed E-state index contributed by atoms with van der Waals surface area (Å²) in [5.41, 5.74) is 1.01. The maximum absolute atomic E-state index is 12.0. The number of carbonyl (C=O) groups is 1. The monoisotopic (exact) mass is 260 g/mol. The van der Waals surface area contributed by atoms with Crippen molar-refractivity contribution in [3.05, 3.63) is 36.4 Å². The zero-order valence-electron chi connectivity index (χ0n) is 11.3. The lowest BCUT2D eigenvalue weighted by molar-refractivity contribution is -0.140. The lowest BCUT2D eigenvalue weighted by atomic mass is 9.87. The van der Waals surface area contributed by atoms with Crippen molar-refractivity contribution in [3.8, 4) is 5.75 Å². The van der Waals surface area contributed by atoms with Crippen LogP contribution in [0.3, 0.4) is 0 Å². The van der Waals surface area contributed by atoms with Crippen LogP contribution in [0.2, 0.25) is 0 Å². The summed E-state index contributed by atoms with van der Waals surface area (Å²) in [5, 5.41) is 0. The van der Waals surface area contributed by atoms with Gasteiger partial charge in [0.2, 0.25) is 0 Å². The highest BCUT2D eigenvalue weighted by Crippen LogP contribution is 2.27. The minimum absolute atomic E-state index is 0.00507. The van der Waals surface area contributed by atoms with Gasteiger partial charge in [0.1, 0.15) is 5.75 Å². The van der Waals surface area contributed by atoms with Crippen molar-refractivity contribution in [2.24, 2.45) is 5.92 Å². The van der Waals surface area contributed by atoms with Gasteiger partial charge >= 0.3 is 5.97 Å². The fraction of sp³-hybridized carbons (Fsp3) is 0.438. The first-order valence-electron chi connectivity index (χ1n) is 6.70. The van der Waals surface area contributed by atoms with E-state index in [9.17, 15) is 4.79 Å². The molecule has 1 saturated carbocycles. The number of benzene rings is 1. The molecule has 0 aromatic heterocycles. The van der Waals surface area contributed by atoms with Crippen molar-refractivity contribution in [1.82, 2.24) is 0 Å². The van der Waals surface area contributed by atoms with Crippen LogP contribution in [0.25, 0.3) is 6.08 Å². The molecule has 1 fully saturated rings. The molecule has 1 aliphatic rings. The molecular formula is C16H20O3. The zero-order valence-corrected chi connectivity index (χ0v) is 11.3. The Morgan fingerprint density at radius 3 is 2.37 bits per heavy atom. The van der Waals surface area contributed by atoms with Crippen molar-refractivity contribution in [2.75, 3.05) is 7.11 Å². The van der Waals surface area contributed by atoms with E-state index >= 15 is 0 Å². The third-order valence-electron chi connectivity index (χ3n) is 3.68. The van der Waals surface area contributed by atoms with Gasteiger partial charge in [-0.15, -0.1) is 0 Å². The predicted octanol–water partition coefficient (Wildman–Crippen LogP) is 3.44. The number of hydrogen-bond donors (Lipinski definition) is 0. The lowest BCUT2D eigenvalue weighted by Gasteiger charge is -2.26. The van der Waals surface area contributed by atoms with Gasteiger partial charge in [0, 0.05) is 7.11 Å². The summed E-state index contributed by atoms with van der Waals surface area (Å²) >= 11 is 0. The number of methoxy groups -OCH3 is 1. The minimum atomic E-state index is -0.124. The van der Waals surface area contributed by atoms with E-state index in [2.05, 4.69) is 6.58 Å². The number of rotatable bonds is 4. The second kappa shape index (κ2) is 6.53. The van der Waals surface area contributed by atoms with Gasteiger partial charge in [-0.3, -0.25) is 4.79 Å². The second-order valence-corrected chi connectivity index (χ2v) is 4.90. The normalized spacial score (nSPS) is 22.8. The van der Waals surface area contributed by atoms with E-state index in [1.165, 1.54) is 0 Å². The van der Waals surface area contributed by atoms with Crippen LogP contribution in [-0.4, -0.2) is 19.2 Å². The van der Waals surface area contributed by atoms with Crippen molar-refractivity contribution in [3.63, 3.8) is 0 Å². The summed E-state index contributed by atoms with van der Waals surface area (Å²) in [7, 11) is 1.73. The van der Waals surface area contributed by atoms with Crippen molar-refractivity contribution >= 4 is 12.0 Å². The van der Waals surface area contributed by atoms with E-state index in [1.54, 1.807) is 25.3 Å². The summed E-state index contributed by atoms with van der Waals surface area (Å²) in [5.74, 6) is 0.482. The SMILES string of the molecule is C=Cc1ccc(OC(=O)C2CCC(OC)CC2)cc1. The van der Waals surface area contributed by atoms with E-state index in [0.29, 0.717) is 11.9 Å². The molecule has 3 heteroatoms. The number of esters is 1. The van der Waals surface area contributed by atoms with Crippen molar-refractivity contribution < 1.29 is 14.3 Å². The van der Waals surface area contributed by atoms with E-state index < -0.39 is 0 Å². The van der Waals surface area contributed by atoms with Crippen LogP contribution in [0.15, 0.2) is 30.8 Å². The molecule has 3 nitrogen and oxygen atoms in total. The molecule has 2 rings (SSSR count). The van der Waals surface area contributed by atoms with Crippen LogP contribution in [0.5, 0.6) is 5.75 Å². The quantitative estimate of drug-likeness (QED) is 0.614. The van der Waals surface area contributed by atoms with Crippen LogP contribution in [0.1, 0.15) is 31.2 Å². The largest absolute Gasteiger partial charge is 0.426 e. The molecule has 0 N–H and O–H groups in total. The van der Waals surface area contributed by atoms with Crippen LogP contribution in [-0.2, 0) is 9.53 Å². The Bertz CT molecular complexity index is 428. The number of carbonyl (C=O) groups excluding carboxylic acids is 1. The first kappa shape index (κ1) is 13.8. The zero-order chi connectivity index (χ0) is 13.7. The maximum atomic E-state index is 12.0. The van der Waals surface area contributed by atoms with Gasteiger partial charge in [-0.2, -0.15) is 0 Å². The fourth-order valence-electron chi connectivity index (χ4n) is 2.41. The van der Waals surface area contributed by atoms with Gasteiger partial charge in [-0.1, -0.05) is 24.8 Å². The summed E-state index contributed by atoms with van der Waals surface area (Å²) in [6, 6.07) is 7.38. The molecule has 1 aromatic rings. The summed E-state index contributed by atoms with van der Waals surface area (Å²) in [4.78, 5) is 12.0. The van der Waals surface area contributed by atoms with Crippen LogP contribution >= 0.6 is 0 Å². The summed E-state index contributed by atoms with van der Waals surface area (Å²) < 4.78 is 10.7. The summed E-state index contributed by atoms with van der Waals surface area (Å²) in [6.45, 7) is 3.69. The van der Waals surface area contributed by atoms with Gasteiger partial charge < -0.3 is 9.47 Å². The first-order chi connectivity index (χ1) is 9.22. The molecule has 0 atom stereocenters. The van der Waals surface area contributed by atoms with Crippen molar-refractivity contribution in [2.45, 2.75) is 31.8 Å². The Balaban J connectivity index is 1.88. The highest BCUT2D eigenvalue weighted by Gasteiger charge is 2.27. The summed E-state index contributed by atoms with van der Waals surface area (Å²) in [6.07, 6.45) is 5.63. The molecule has 1 aliphatic carbocycles. The van der Waals surface area contributed by atoms with Gasteiger partial charge in [0.05, 0.1) is 12.0 Å². The lowest BCUT2D eigenvalue weighted by Crippen LogP contribution is -2.28. The molecule has 0 aliphatic heterocycles. The van der Waals surface area contributed by atoms with E-state index in [4.69, 9.17) is 9.47 Å². The molecule has 102 valence electrons. The second-order valence-electron chi connectivity index (χ2n) is 4.90. The van der Waals surface area contributed by atoms with Gasteiger partial charge in [-0.05, 0) is 43.4 Å². The maximum Gasteiger partial charge on any atom is 0.314 e. The highest BCUT2D eigenvalue weighted by molar-refractivity contribution is 5.75. The van der Waals surface area contributed by atoms with E-state index in [1.807, 2.05) is 12.1 Å². The van der Waals surface area contributed by atoms with E-state index in [0.717, 1.165) is 31.2 Å².